The van der Waals surface area contributed by atoms with Gasteiger partial charge in [0.05, 0.1) is 13.2 Å². The first-order valence-corrected chi connectivity index (χ1v) is 6.09. The molecule has 11 heteroatoms. The minimum atomic E-state index is -4.17. The highest BCUT2D eigenvalue weighted by Gasteiger charge is 1.98. The minimum absolute atomic E-state index is 0. The first-order chi connectivity index (χ1) is 6.12. The second-order valence-corrected chi connectivity index (χ2v) is 3.85. The van der Waals surface area contributed by atoms with Crippen molar-refractivity contribution in [1.82, 2.24) is 0 Å². The molecule has 0 fully saturated rings. The Morgan fingerprint density at radius 2 is 1.07 bits per heavy atom. The quantitative estimate of drug-likeness (QED) is 0.508. The lowest BCUT2D eigenvalue weighted by atomic mass is 10.9. The Balaban J connectivity index is -0.000000180. The van der Waals surface area contributed by atoms with Gasteiger partial charge in [-0.2, -0.15) is 16.8 Å². The molecule has 0 amide bonds. The van der Waals surface area contributed by atoms with Crippen molar-refractivity contribution in [3.8, 4) is 0 Å². The average Bonchev–Trinajstić information content (AvgIpc) is 1.81. The van der Waals surface area contributed by atoms with Gasteiger partial charge in [0.25, 0.3) is 0 Å². The maximum Gasteiger partial charge on any atom is 0.397 e. The molecule has 0 saturated carbocycles. The Bertz CT molecular complexity index is 285. The molecule has 0 aromatic heterocycles. The molecule has 0 aliphatic heterocycles. The molecule has 0 bridgehead atoms. The van der Waals surface area contributed by atoms with E-state index in [1.165, 1.54) is 13.8 Å². The lowest BCUT2D eigenvalue weighted by Crippen LogP contribution is -2.01. The van der Waals surface area contributed by atoms with Gasteiger partial charge >= 0.3 is 20.8 Å². The average molecular weight is 277 g/mol. The molecule has 0 aromatic carbocycles. The number of rotatable bonds is 4. The maximum atomic E-state index is 9.56. The van der Waals surface area contributed by atoms with Crippen LogP contribution in [0.5, 0.6) is 0 Å². The Kier molecular flexibility index (Phi) is 13.5. The zero-order valence-corrected chi connectivity index (χ0v) is 11.3. The fourth-order valence-corrected chi connectivity index (χ4v) is 0.894. The summed E-state index contributed by atoms with van der Waals surface area (Å²) in [5.74, 6) is 0. The summed E-state index contributed by atoms with van der Waals surface area (Å²) in [6, 6.07) is 0. The van der Waals surface area contributed by atoms with Gasteiger partial charge in [0.15, 0.2) is 0 Å². The van der Waals surface area contributed by atoms with E-state index in [2.05, 4.69) is 8.37 Å². The van der Waals surface area contributed by atoms with Gasteiger partial charge in [0.1, 0.15) is 0 Å². The molecular formula is C4H12MgO8S2. The molecule has 15 heavy (non-hydrogen) atoms. The van der Waals surface area contributed by atoms with Crippen LogP contribution in [0.15, 0.2) is 0 Å². The van der Waals surface area contributed by atoms with E-state index < -0.39 is 20.8 Å². The maximum absolute atomic E-state index is 9.56. The third-order valence-electron chi connectivity index (χ3n) is 0.534. The van der Waals surface area contributed by atoms with Crippen LogP contribution >= 0.6 is 0 Å². The smallest absolute Gasteiger partial charge is 0.264 e. The van der Waals surface area contributed by atoms with Crippen LogP contribution in [-0.2, 0) is 29.2 Å². The first-order valence-electron chi connectivity index (χ1n) is 3.36. The van der Waals surface area contributed by atoms with Gasteiger partial charge in [-0.15, -0.1) is 0 Å². The lowest BCUT2D eigenvalue weighted by molar-refractivity contribution is 0.281. The van der Waals surface area contributed by atoms with Gasteiger partial charge in [-0.1, -0.05) is 0 Å². The molecule has 0 atom stereocenters. The van der Waals surface area contributed by atoms with E-state index >= 15 is 0 Å². The third-order valence-corrected chi connectivity index (χ3v) is 1.60. The monoisotopic (exact) mass is 276 g/mol. The summed E-state index contributed by atoms with van der Waals surface area (Å²) in [5, 5.41) is 0. The van der Waals surface area contributed by atoms with Crippen LogP contribution in [0.25, 0.3) is 0 Å². The fourth-order valence-electron chi connectivity index (χ4n) is 0.298. The Morgan fingerprint density at radius 1 is 0.867 bits per heavy atom. The summed E-state index contributed by atoms with van der Waals surface area (Å²) >= 11 is 0. The highest BCUT2D eigenvalue weighted by Crippen LogP contribution is 1.81. The van der Waals surface area contributed by atoms with Gasteiger partial charge in [-0.3, -0.25) is 9.11 Å². The van der Waals surface area contributed by atoms with Crippen LogP contribution in [0.1, 0.15) is 13.8 Å². The van der Waals surface area contributed by atoms with Crippen molar-refractivity contribution in [3.63, 3.8) is 0 Å². The summed E-state index contributed by atoms with van der Waals surface area (Å²) < 4.78 is 61.3. The normalized spacial score (nSPS) is 10.9. The van der Waals surface area contributed by atoms with E-state index in [1.54, 1.807) is 0 Å². The van der Waals surface area contributed by atoms with Gasteiger partial charge in [0, 0.05) is 23.1 Å². The lowest BCUT2D eigenvalue weighted by Gasteiger charge is -1.88. The van der Waals surface area contributed by atoms with Crippen LogP contribution in [0.2, 0.25) is 0 Å². The molecule has 0 aromatic rings. The number of hydrogen-bond donors (Lipinski definition) is 2. The van der Waals surface area contributed by atoms with Crippen LogP contribution in [0, 0.1) is 0 Å². The third kappa shape index (κ3) is 31.4. The van der Waals surface area contributed by atoms with E-state index in [-0.39, 0.29) is 36.3 Å². The highest BCUT2D eigenvalue weighted by atomic mass is 32.3. The molecule has 0 saturated heterocycles. The summed E-state index contributed by atoms with van der Waals surface area (Å²) in [6.07, 6.45) is 0. The Labute approximate surface area is 105 Å². The molecular weight excluding hydrogens is 264 g/mol. The van der Waals surface area contributed by atoms with Crippen molar-refractivity contribution < 1.29 is 34.3 Å². The van der Waals surface area contributed by atoms with E-state index in [4.69, 9.17) is 9.11 Å². The SMILES string of the molecule is CCOS(=O)(=O)O.CCOS(=O)(=O)O.[Mg]. The topological polar surface area (TPSA) is 127 Å². The zero-order chi connectivity index (χ0) is 11.8. The molecule has 0 aliphatic rings. The molecule has 0 aliphatic carbocycles. The van der Waals surface area contributed by atoms with Gasteiger partial charge in [-0.25, -0.2) is 8.37 Å². The van der Waals surface area contributed by atoms with E-state index in [0.29, 0.717) is 0 Å². The van der Waals surface area contributed by atoms with E-state index in [0.717, 1.165) is 0 Å². The fraction of sp³-hybridized carbons (Fsp3) is 1.00. The van der Waals surface area contributed by atoms with Crippen LogP contribution in [0.3, 0.4) is 0 Å². The van der Waals surface area contributed by atoms with Gasteiger partial charge < -0.3 is 0 Å². The van der Waals surface area contributed by atoms with E-state index in [1.807, 2.05) is 0 Å². The minimum Gasteiger partial charge on any atom is -0.264 e. The van der Waals surface area contributed by atoms with E-state index in [9.17, 15) is 16.8 Å². The predicted octanol–water partition coefficient (Wildman–Crippen LogP) is -0.729. The molecule has 0 rings (SSSR count). The van der Waals surface area contributed by atoms with Crippen LogP contribution in [0.4, 0.5) is 0 Å². The van der Waals surface area contributed by atoms with Crippen molar-refractivity contribution >= 4 is 43.9 Å². The van der Waals surface area contributed by atoms with Crippen molar-refractivity contribution in [2.75, 3.05) is 13.2 Å². The highest BCUT2D eigenvalue weighted by molar-refractivity contribution is 7.81. The standard InChI is InChI=1S/2C2H6O4S.Mg/c2*1-2-6-7(3,4)5;/h2*2H2,1H3,(H,3,4,5);. The second-order valence-electron chi connectivity index (χ2n) is 1.67. The summed E-state index contributed by atoms with van der Waals surface area (Å²) in [7, 11) is -8.35. The molecule has 8 nitrogen and oxygen atoms in total. The predicted molar refractivity (Wildman–Crippen MR) is 52.1 cm³/mol. The van der Waals surface area contributed by atoms with Crippen LogP contribution in [-0.4, -0.2) is 62.2 Å². The zero-order valence-electron chi connectivity index (χ0n) is 8.28. The second kappa shape index (κ2) is 9.71. The van der Waals surface area contributed by atoms with Crippen molar-refractivity contribution in [2.45, 2.75) is 13.8 Å². The first kappa shape index (κ1) is 20.9. The number of hydrogen-bond acceptors (Lipinski definition) is 6. The summed E-state index contributed by atoms with van der Waals surface area (Å²) in [4.78, 5) is 0. The summed E-state index contributed by atoms with van der Waals surface area (Å²) in [5.41, 5.74) is 0. The molecule has 0 spiro atoms. The van der Waals surface area contributed by atoms with Gasteiger partial charge in [0.2, 0.25) is 0 Å². The van der Waals surface area contributed by atoms with Gasteiger partial charge in [-0.05, 0) is 13.8 Å². The molecule has 90 valence electrons. The van der Waals surface area contributed by atoms with Crippen molar-refractivity contribution in [1.29, 1.82) is 0 Å². The molecule has 0 unspecified atom stereocenters. The Morgan fingerprint density at radius 3 is 1.07 bits per heavy atom. The summed E-state index contributed by atoms with van der Waals surface area (Å²) in [6.45, 7) is 2.87. The molecule has 2 radical (unpaired) electrons. The largest absolute Gasteiger partial charge is 0.397 e. The van der Waals surface area contributed by atoms with Crippen molar-refractivity contribution in [3.05, 3.63) is 0 Å². The molecule has 2 N–H and O–H groups in total. The van der Waals surface area contributed by atoms with Crippen LogP contribution < -0.4 is 0 Å². The van der Waals surface area contributed by atoms with Crippen molar-refractivity contribution in [2.24, 2.45) is 0 Å². The molecule has 0 heterocycles. The Hall–Kier alpha value is 0.506.